The van der Waals surface area contributed by atoms with Gasteiger partial charge in [0.05, 0.1) is 16.9 Å². The lowest BCUT2D eigenvalue weighted by Gasteiger charge is -2.34. The normalized spacial score (nSPS) is 17.0. The highest BCUT2D eigenvalue weighted by atomic mass is 15.1. The largest absolute Gasteiger partial charge is 0.396 e. The fourth-order valence-corrected chi connectivity index (χ4v) is 3.02. The van der Waals surface area contributed by atoms with Gasteiger partial charge in [0.2, 0.25) is 0 Å². The van der Waals surface area contributed by atoms with Gasteiger partial charge in [0.15, 0.2) is 0 Å². The predicted molar refractivity (Wildman–Crippen MR) is 81.4 cm³/mol. The maximum Gasteiger partial charge on any atom is 0.0724 e. The summed E-state index contributed by atoms with van der Waals surface area (Å²) in [5.74, 6) is 0.889. The summed E-state index contributed by atoms with van der Waals surface area (Å²) < 4.78 is 0. The summed E-state index contributed by atoms with van der Waals surface area (Å²) in [6.07, 6.45) is 5.67. The van der Waals surface area contributed by atoms with E-state index in [1.807, 2.05) is 12.3 Å². The van der Waals surface area contributed by atoms with E-state index in [2.05, 4.69) is 35.0 Å². The third-order valence-electron chi connectivity index (χ3n) is 4.34. The fraction of sp³-hybridized carbons (Fsp3) is 0.438. The van der Waals surface area contributed by atoms with E-state index in [9.17, 15) is 0 Å². The molecule has 0 spiro atoms. The lowest BCUT2D eigenvalue weighted by molar-refractivity contribution is 0.395. The van der Waals surface area contributed by atoms with Gasteiger partial charge in [-0.3, -0.25) is 4.98 Å². The molecule has 1 aliphatic heterocycles. The summed E-state index contributed by atoms with van der Waals surface area (Å²) in [4.78, 5) is 6.78. The number of aromatic nitrogens is 1. The van der Waals surface area contributed by atoms with Crippen molar-refractivity contribution in [3.05, 3.63) is 30.5 Å². The summed E-state index contributed by atoms with van der Waals surface area (Å²) in [6.45, 7) is 4.53. The van der Waals surface area contributed by atoms with Crippen molar-refractivity contribution < 1.29 is 0 Å². The van der Waals surface area contributed by atoms with E-state index in [1.165, 1.54) is 24.9 Å². The molecule has 1 saturated heterocycles. The Bertz CT molecular complexity index is 571. The Morgan fingerprint density at radius 1 is 1.26 bits per heavy atom. The Labute approximate surface area is 114 Å². The second kappa shape index (κ2) is 5.08. The van der Waals surface area contributed by atoms with Crippen LogP contribution in [0.3, 0.4) is 0 Å². The number of hydrogen-bond donors (Lipinski definition) is 1. The Hall–Kier alpha value is -1.77. The first-order chi connectivity index (χ1) is 9.29. The van der Waals surface area contributed by atoms with Gasteiger partial charge in [0.1, 0.15) is 0 Å². The number of pyridine rings is 1. The van der Waals surface area contributed by atoms with E-state index in [0.29, 0.717) is 0 Å². The second-order valence-electron chi connectivity index (χ2n) is 5.41. The number of piperidine rings is 1. The third kappa shape index (κ3) is 2.25. The van der Waals surface area contributed by atoms with Crippen molar-refractivity contribution in [1.82, 2.24) is 4.98 Å². The molecule has 2 aromatic rings. The molecule has 0 atom stereocenters. The highest BCUT2D eigenvalue weighted by Gasteiger charge is 2.20. The lowest BCUT2D eigenvalue weighted by Crippen LogP contribution is -2.33. The summed E-state index contributed by atoms with van der Waals surface area (Å²) in [5.41, 5.74) is 9.37. The first-order valence-electron chi connectivity index (χ1n) is 7.17. The zero-order valence-corrected chi connectivity index (χ0v) is 11.5. The first kappa shape index (κ1) is 12.3. The lowest BCUT2D eigenvalue weighted by atomic mass is 9.94. The number of hydrogen-bond acceptors (Lipinski definition) is 3. The van der Waals surface area contributed by atoms with E-state index in [4.69, 9.17) is 5.73 Å². The molecule has 2 heterocycles. The quantitative estimate of drug-likeness (QED) is 0.836. The maximum absolute atomic E-state index is 6.34. The van der Waals surface area contributed by atoms with Gasteiger partial charge in [-0.15, -0.1) is 0 Å². The van der Waals surface area contributed by atoms with E-state index < -0.39 is 0 Å². The van der Waals surface area contributed by atoms with Crippen LogP contribution in [-0.4, -0.2) is 18.1 Å². The van der Waals surface area contributed by atoms with E-state index in [-0.39, 0.29) is 0 Å². The summed E-state index contributed by atoms with van der Waals surface area (Å²) in [6, 6.07) is 8.20. The smallest absolute Gasteiger partial charge is 0.0724 e. The van der Waals surface area contributed by atoms with Crippen LogP contribution >= 0.6 is 0 Å². The molecule has 0 aliphatic carbocycles. The van der Waals surface area contributed by atoms with Crippen LogP contribution in [0, 0.1) is 5.92 Å². The van der Waals surface area contributed by atoms with Crippen molar-refractivity contribution >= 4 is 22.3 Å². The van der Waals surface area contributed by atoms with Crippen molar-refractivity contribution in [2.45, 2.75) is 26.2 Å². The molecule has 0 bridgehead atoms. The number of fused-ring (bicyclic) bond motifs is 1. The summed E-state index contributed by atoms with van der Waals surface area (Å²) in [5, 5.41) is 1.07. The van der Waals surface area contributed by atoms with Gasteiger partial charge in [-0.25, -0.2) is 0 Å². The number of rotatable bonds is 2. The van der Waals surface area contributed by atoms with Crippen molar-refractivity contribution in [3.8, 4) is 0 Å². The Balaban J connectivity index is 1.91. The average molecular weight is 255 g/mol. The van der Waals surface area contributed by atoms with E-state index >= 15 is 0 Å². The van der Waals surface area contributed by atoms with E-state index in [1.54, 1.807) is 0 Å². The van der Waals surface area contributed by atoms with Crippen LogP contribution < -0.4 is 10.6 Å². The molecule has 100 valence electrons. The minimum absolute atomic E-state index is 0.876. The molecule has 1 aromatic carbocycles. The highest BCUT2D eigenvalue weighted by Crippen LogP contribution is 2.33. The fourth-order valence-electron chi connectivity index (χ4n) is 3.02. The van der Waals surface area contributed by atoms with Gasteiger partial charge in [0, 0.05) is 24.7 Å². The van der Waals surface area contributed by atoms with Crippen LogP contribution in [-0.2, 0) is 0 Å². The molecule has 0 unspecified atom stereocenters. The molecule has 0 amide bonds. The molecular formula is C16H21N3. The van der Waals surface area contributed by atoms with Gasteiger partial charge in [-0.2, -0.15) is 0 Å². The second-order valence-corrected chi connectivity index (χ2v) is 5.41. The zero-order chi connectivity index (χ0) is 13.2. The molecule has 0 radical (unpaired) electrons. The minimum Gasteiger partial charge on any atom is -0.396 e. The van der Waals surface area contributed by atoms with Crippen molar-refractivity contribution in [1.29, 1.82) is 0 Å². The maximum atomic E-state index is 6.34. The van der Waals surface area contributed by atoms with Crippen LogP contribution in [0.15, 0.2) is 30.5 Å². The molecule has 1 aromatic heterocycles. The number of nitrogens with two attached hydrogens (primary N) is 1. The SMILES string of the molecule is CCC1CCN(c2ccc3ncccc3c2N)CC1. The Kier molecular flexibility index (Phi) is 3.28. The van der Waals surface area contributed by atoms with Crippen LogP contribution in [0.5, 0.6) is 0 Å². The van der Waals surface area contributed by atoms with Crippen LogP contribution in [0.1, 0.15) is 26.2 Å². The molecular weight excluding hydrogens is 234 g/mol. The number of benzene rings is 1. The molecule has 0 saturated carbocycles. The van der Waals surface area contributed by atoms with Gasteiger partial charge < -0.3 is 10.6 Å². The molecule has 3 rings (SSSR count). The van der Waals surface area contributed by atoms with E-state index in [0.717, 1.165) is 35.6 Å². The predicted octanol–water partition coefficient (Wildman–Crippen LogP) is 3.44. The average Bonchev–Trinajstić information content (AvgIpc) is 2.48. The van der Waals surface area contributed by atoms with Crippen molar-refractivity contribution in [2.24, 2.45) is 5.92 Å². The van der Waals surface area contributed by atoms with Gasteiger partial charge >= 0.3 is 0 Å². The molecule has 19 heavy (non-hydrogen) atoms. The van der Waals surface area contributed by atoms with Crippen molar-refractivity contribution in [3.63, 3.8) is 0 Å². The zero-order valence-electron chi connectivity index (χ0n) is 11.5. The minimum atomic E-state index is 0.876. The van der Waals surface area contributed by atoms with Gasteiger partial charge in [-0.05, 0) is 43.0 Å². The van der Waals surface area contributed by atoms with Crippen LogP contribution in [0.25, 0.3) is 10.9 Å². The first-order valence-corrected chi connectivity index (χ1v) is 7.17. The third-order valence-corrected chi connectivity index (χ3v) is 4.34. The summed E-state index contributed by atoms with van der Waals surface area (Å²) >= 11 is 0. The molecule has 2 N–H and O–H groups in total. The van der Waals surface area contributed by atoms with Crippen molar-refractivity contribution in [2.75, 3.05) is 23.7 Å². The molecule has 1 fully saturated rings. The Morgan fingerprint density at radius 2 is 2.05 bits per heavy atom. The molecule has 1 aliphatic rings. The Morgan fingerprint density at radius 3 is 2.79 bits per heavy atom. The number of nitrogen functional groups attached to an aromatic ring is 1. The van der Waals surface area contributed by atoms with Gasteiger partial charge in [-0.1, -0.05) is 13.3 Å². The van der Waals surface area contributed by atoms with Gasteiger partial charge in [0.25, 0.3) is 0 Å². The number of nitrogens with zero attached hydrogens (tertiary/aromatic N) is 2. The monoisotopic (exact) mass is 255 g/mol. The topological polar surface area (TPSA) is 42.2 Å². The highest BCUT2D eigenvalue weighted by molar-refractivity contribution is 5.97. The summed E-state index contributed by atoms with van der Waals surface area (Å²) in [7, 11) is 0. The van der Waals surface area contributed by atoms with Crippen LogP contribution in [0.2, 0.25) is 0 Å². The number of anilines is 2. The molecule has 3 heteroatoms. The molecule has 3 nitrogen and oxygen atoms in total. The van der Waals surface area contributed by atoms with Crippen LogP contribution in [0.4, 0.5) is 11.4 Å². The standard InChI is InChI=1S/C16H21N3/c1-2-12-7-10-19(11-8-12)15-6-5-14-13(16(15)17)4-3-9-18-14/h3-6,9,12H,2,7-8,10-11,17H2,1H3.